The number of halogens is 1. The van der Waals surface area contributed by atoms with Crippen LogP contribution in [0.1, 0.15) is 37.0 Å². The quantitative estimate of drug-likeness (QED) is 0.653. The van der Waals surface area contributed by atoms with Crippen LogP contribution >= 0.6 is 22.6 Å². The largest absolute Gasteiger partial charge is 0.456 e. The molecule has 1 fully saturated rings. The van der Waals surface area contributed by atoms with Crippen molar-refractivity contribution in [2.24, 2.45) is 5.92 Å². The first-order valence-corrected chi connectivity index (χ1v) is 7.76. The van der Waals surface area contributed by atoms with Gasteiger partial charge in [-0.1, -0.05) is 0 Å². The van der Waals surface area contributed by atoms with Crippen LogP contribution < -0.4 is 5.32 Å². The second-order valence-corrected chi connectivity index (χ2v) is 6.77. The van der Waals surface area contributed by atoms with Crippen LogP contribution in [-0.2, 0) is 4.74 Å². The predicted molar refractivity (Wildman–Crippen MR) is 84.2 cm³/mol. The van der Waals surface area contributed by atoms with Crippen molar-refractivity contribution in [3.05, 3.63) is 33.4 Å². The highest BCUT2D eigenvalue weighted by Gasteiger charge is 2.34. The molecule has 0 aromatic heterocycles. The molecule has 4 heteroatoms. The van der Waals surface area contributed by atoms with E-state index in [-0.39, 0.29) is 5.97 Å². The first-order valence-electron chi connectivity index (χ1n) is 6.69. The fourth-order valence-electron chi connectivity index (χ4n) is 2.48. The second kappa shape index (κ2) is 6.22. The number of carbonyl (C=O) groups is 1. The van der Waals surface area contributed by atoms with Crippen LogP contribution in [0.4, 0.5) is 0 Å². The van der Waals surface area contributed by atoms with Crippen LogP contribution in [0.3, 0.4) is 0 Å². The molecule has 1 aliphatic heterocycles. The zero-order chi connectivity index (χ0) is 13.9. The molecular formula is C15H20INO2. The summed E-state index contributed by atoms with van der Waals surface area (Å²) in [6, 6.07) is 7.49. The van der Waals surface area contributed by atoms with Gasteiger partial charge < -0.3 is 10.1 Å². The number of rotatable bonds is 3. The van der Waals surface area contributed by atoms with Crippen molar-refractivity contribution in [3.63, 3.8) is 0 Å². The van der Waals surface area contributed by atoms with E-state index in [9.17, 15) is 4.79 Å². The van der Waals surface area contributed by atoms with E-state index < -0.39 is 5.60 Å². The van der Waals surface area contributed by atoms with Crippen molar-refractivity contribution in [3.8, 4) is 0 Å². The number of carbonyl (C=O) groups excluding carboxylic acids is 1. The molecule has 19 heavy (non-hydrogen) atoms. The lowest BCUT2D eigenvalue weighted by molar-refractivity contribution is -0.0368. The Bertz CT molecular complexity index is 436. The van der Waals surface area contributed by atoms with Crippen molar-refractivity contribution in [2.45, 2.75) is 32.3 Å². The van der Waals surface area contributed by atoms with Crippen LogP contribution in [0, 0.1) is 9.49 Å². The lowest BCUT2D eigenvalue weighted by atomic mass is 9.83. The lowest BCUT2D eigenvalue weighted by Gasteiger charge is -2.36. The van der Waals surface area contributed by atoms with Crippen molar-refractivity contribution < 1.29 is 9.53 Å². The first-order chi connectivity index (χ1) is 8.99. The normalized spacial score (nSPS) is 17.2. The van der Waals surface area contributed by atoms with Crippen molar-refractivity contribution in [2.75, 3.05) is 13.1 Å². The van der Waals surface area contributed by atoms with Crippen LogP contribution in [0.25, 0.3) is 0 Å². The second-order valence-electron chi connectivity index (χ2n) is 5.52. The molecule has 0 spiro atoms. The summed E-state index contributed by atoms with van der Waals surface area (Å²) in [6.45, 7) is 6.06. The summed E-state index contributed by atoms with van der Waals surface area (Å²) in [5.74, 6) is 0.210. The predicted octanol–water partition coefficient (Wildman–Crippen LogP) is 3.23. The van der Waals surface area contributed by atoms with Gasteiger partial charge in [-0.15, -0.1) is 0 Å². The van der Waals surface area contributed by atoms with E-state index in [1.165, 1.54) is 0 Å². The highest BCUT2D eigenvalue weighted by atomic mass is 127. The Kier molecular flexibility index (Phi) is 4.84. The maximum absolute atomic E-state index is 12.2. The average molecular weight is 373 g/mol. The molecule has 1 heterocycles. The van der Waals surface area contributed by atoms with Gasteiger partial charge in [0.25, 0.3) is 0 Å². The number of ether oxygens (including phenoxy) is 1. The van der Waals surface area contributed by atoms with Gasteiger partial charge in [0.2, 0.25) is 0 Å². The van der Waals surface area contributed by atoms with Gasteiger partial charge in [0.15, 0.2) is 0 Å². The standard InChI is InChI=1S/C15H20INO2/c1-15(2,12-7-9-17-10-8-12)19-14(18)11-3-5-13(16)6-4-11/h3-6,12,17H,7-10H2,1-2H3. The fourth-order valence-corrected chi connectivity index (χ4v) is 2.84. The van der Waals surface area contributed by atoms with Crippen molar-refractivity contribution in [1.29, 1.82) is 0 Å². The first kappa shape index (κ1) is 14.8. The molecule has 1 aliphatic rings. The molecule has 0 radical (unpaired) electrons. The molecule has 0 bridgehead atoms. The Labute approximate surface area is 128 Å². The Morgan fingerprint density at radius 1 is 1.26 bits per heavy atom. The third-order valence-electron chi connectivity index (χ3n) is 3.76. The van der Waals surface area contributed by atoms with E-state index in [1.54, 1.807) is 0 Å². The number of hydrogen-bond donors (Lipinski definition) is 1. The SMILES string of the molecule is CC(C)(OC(=O)c1ccc(I)cc1)C1CCNCC1. The summed E-state index contributed by atoms with van der Waals surface area (Å²) in [7, 11) is 0. The molecule has 104 valence electrons. The van der Waals surface area contributed by atoms with E-state index in [2.05, 4.69) is 27.9 Å². The van der Waals surface area contributed by atoms with Gasteiger partial charge in [0.1, 0.15) is 5.60 Å². The third kappa shape index (κ3) is 3.92. The fraction of sp³-hybridized carbons (Fsp3) is 0.533. The molecule has 2 rings (SSSR count). The van der Waals surface area contributed by atoms with E-state index in [4.69, 9.17) is 4.74 Å². The van der Waals surface area contributed by atoms with Gasteiger partial charge in [-0.3, -0.25) is 0 Å². The average Bonchev–Trinajstić information content (AvgIpc) is 2.40. The van der Waals surface area contributed by atoms with Crippen LogP contribution in [0.15, 0.2) is 24.3 Å². The molecular weight excluding hydrogens is 353 g/mol. The summed E-state index contributed by atoms with van der Waals surface area (Å²) in [5.41, 5.74) is 0.227. The van der Waals surface area contributed by atoms with E-state index >= 15 is 0 Å². The van der Waals surface area contributed by atoms with Gasteiger partial charge in [-0.2, -0.15) is 0 Å². The molecule has 1 saturated heterocycles. The number of hydrogen-bond acceptors (Lipinski definition) is 3. The van der Waals surface area contributed by atoms with E-state index in [0.29, 0.717) is 11.5 Å². The van der Waals surface area contributed by atoms with Gasteiger partial charge >= 0.3 is 5.97 Å². The molecule has 0 saturated carbocycles. The molecule has 3 nitrogen and oxygen atoms in total. The molecule has 1 aromatic rings. The monoisotopic (exact) mass is 373 g/mol. The van der Waals surface area contributed by atoms with Gasteiger partial charge in [0.05, 0.1) is 5.56 Å². The maximum atomic E-state index is 12.2. The van der Waals surface area contributed by atoms with Gasteiger partial charge in [-0.25, -0.2) is 4.79 Å². The zero-order valence-electron chi connectivity index (χ0n) is 11.4. The summed E-state index contributed by atoms with van der Waals surface area (Å²) >= 11 is 2.22. The Morgan fingerprint density at radius 3 is 2.42 bits per heavy atom. The minimum atomic E-state index is -0.401. The molecule has 0 atom stereocenters. The Balaban J connectivity index is 2.02. The molecule has 0 unspecified atom stereocenters. The smallest absolute Gasteiger partial charge is 0.338 e. The molecule has 1 aromatic carbocycles. The maximum Gasteiger partial charge on any atom is 0.338 e. The number of nitrogens with one attached hydrogen (secondary N) is 1. The highest BCUT2D eigenvalue weighted by Crippen LogP contribution is 2.29. The Morgan fingerprint density at radius 2 is 1.84 bits per heavy atom. The summed E-state index contributed by atoms with van der Waals surface area (Å²) < 4.78 is 6.85. The molecule has 1 N–H and O–H groups in total. The summed E-state index contributed by atoms with van der Waals surface area (Å²) in [5, 5.41) is 3.34. The lowest BCUT2D eigenvalue weighted by Crippen LogP contribution is -2.42. The molecule has 0 aliphatic carbocycles. The van der Waals surface area contributed by atoms with Crippen LogP contribution in [-0.4, -0.2) is 24.7 Å². The van der Waals surface area contributed by atoms with Gasteiger partial charge in [0, 0.05) is 9.49 Å². The molecule has 0 amide bonds. The van der Waals surface area contributed by atoms with Crippen LogP contribution in [0.5, 0.6) is 0 Å². The van der Waals surface area contributed by atoms with Crippen LogP contribution in [0.2, 0.25) is 0 Å². The Hall–Kier alpha value is -0.620. The minimum absolute atomic E-state index is 0.222. The van der Waals surface area contributed by atoms with Gasteiger partial charge in [-0.05, 0) is 86.6 Å². The third-order valence-corrected chi connectivity index (χ3v) is 4.48. The topological polar surface area (TPSA) is 38.3 Å². The van der Waals surface area contributed by atoms with Crippen molar-refractivity contribution in [1.82, 2.24) is 5.32 Å². The highest BCUT2D eigenvalue weighted by molar-refractivity contribution is 14.1. The number of benzene rings is 1. The van der Waals surface area contributed by atoms with Crippen molar-refractivity contribution >= 4 is 28.6 Å². The number of esters is 1. The van der Waals surface area contributed by atoms with E-state index in [0.717, 1.165) is 29.5 Å². The summed E-state index contributed by atoms with van der Waals surface area (Å²) in [6.07, 6.45) is 2.12. The van der Waals surface area contributed by atoms with E-state index in [1.807, 2.05) is 38.1 Å². The minimum Gasteiger partial charge on any atom is -0.456 e. The number of piperidine rings is 1. The zero-order valence-corrected chi connectivity index (χ0v) is 13.6. The summed E-state index contributed by atoms with van der Waals surface area (Å²) in [4.78, 5) is 12.2.